The summed E-state index contributed by atoms with van der Waals surface area (Å²) in [4.78, 5) is 14.9. The highest BCUT2D eigenvalue weighted by Crippen LogP contribution is 2.36. The molecule has 21 heavy (non-hydrogen) atoms. The minimum absolute atomic E-state index is 0.299. The fraction of sp³-hybridized carbons (Fsp3) is 0.632. The molecule has 0 unspecified atom stereocenters. The monoisotopic (exact) mass is 285 g/mol. The van der Waals surface area contributed by atoms with E-state index in [1.54, 1.807) is 0 Å². The molecule has 0 N–H and O–H groups in total. The van der Waals surface area contributed by atoms with E-state index < -0.39 is 0 Å². The van der Waals surface area contributed by atoms with Crippen LogP contribution < -0.4 is 0 Å². The van der Waals surface area contributed by atoms with Crippen LogP contribution in [0.1, 0.15) is 53.6 Å². The number of carbonyl (C=O) groups is 1. The highest BCUT2D eigenvalue weighted by Gasteiger charge is 2.29. The number of hydrogen-bond donors (Lipinski definition) is 0. The first-order valence-electron chi connectivity index (χ1n) is 8.44. The lowest BCUT2D eigenvalue weighted by Gasteiger charge is -2.24. The molecule has 114 valence electrons. The van der Waals surface area contributed by atoms with Crippen LogP contribution in [-0.4, -0.2) is 30.3 Å². The number of likely N-dealkylation sites (tertiary alicyclic amines) is 1. The van der Waals surface area contributed by atoms with Crippen molar-refractivity contribution in [3.8, 4) is 0 Å². The summed E-state index contributed by atoms with van der Waals surface area (Å²) in [5, 5.41) is 0. The van der Waals surface area contributed by atoms with Crippen molar-refractivity contribution in [3.63, 3.8) is 0 Å². The lowest BCUT2D eigenvalue weighted by atomic mass is 10.0. The molecule has 2 aliphatic rings. The maximum Gasteiger partial charge on any atom is 0.164 e. The summed E-state index contributed by atoms with van der Waals surface area (Å²) in [6.07, 6.45) is 6.29. The van der Waals surface area contributed by atoms with Crippen LogP contribution in [0.25, 0.3) is 0 Å². The van der Waals surface area contributed by atoms with Crippen LogP contribution in [0.4, 0.5) is 0 Å². The maximum atomic E-state index is 12.4. The zero-order chi connectivity index (χ0) is 14.8. The Hall–Kier alpha value is -1.15. The molecule has 1 saturated heterocycles. The second-order valence-corrected chi connectivity index (χ2v) is 7.11. The quantitative estimate of drug-likeness (QED) is 0.779. The molecule has 2 nitrogen and oxygen atoms in total. The normalized spacial score (nSPS) is 25.8. The standard InChI is InChI=1S/C19H27NO/c1-14-3-6-18(11-15(14)2)19(21)8-10-20-9-7-16-4-5-17(12-16)13-20/h3,6,11,16-17H,4-5,7-10,12-13H2,1-2H3/t16-,17+/m1/s1. The maximum absolute atomic E-state index is 12.4. The zero-order valence-corrected chi connectivity index (χ0v) is 13.4. The van der Waals surface area contributed by atoms with Crippen molar-refractivity contribution < 1.29 is 4.79 Å². The molecule has 3 rings (SSSR count). The van der Waals surface area contributed by atoms with Crippen molar-refractivity contribution in [1.82, 2.24) is 4.90 Å². The van der Waals surface area contributed by atoms with Gasteiger partial charge in [0.1, 0.15) is 0 Å². The molecule has 2 heteroatoms. The van der Waals surface area contributed by atoms with Gasteiger partial charge in [-0.2, -0.15) is 0 Å². The van der Waals surface area contributed by atoms with Crippen LogP contribution >= 0.6 is 0 Å². The van der Waals surface area contributed by atoms with Gasteiger partial charge in [0.05, 0.1) is 0 Å². The van der Waals surface area contributed by atoms with Gasteiger partial charge in [0, 0.05) is 25.1 Å². The van der Waals surface area contributed by atoms with Crippen molar-refractivity contribution in [3.05, 3.63) is 34.9 Å². The number of ketones is 1. The third-order valence-electron chi connectivity index (χ3n) is 5.50. The van der Waals surface area contributed by atoms with E-state index in [9.17, 15) is 4.79 Å². The lowest BCUT2D eigenvalue weighted by molar-refractivity contribution is 0.0960. The topological polar surface area (TPSA) is 20.3 Å². The Morgan fingerprint density at radius 2 is 1.95 bits per heavy atom. The van der Waals surface area contributed by atoms with Crippen LogP contribution in [-0.2, 0) is 0 Å². The van der Waals surface area contributed by atoms with Crippen molar-refractivity contribution in [2.45, 2.75) is 46.0 Å². The van der Waals surface area contributed by atoms with E-state index >= 15 is 0 Å². The SMILES string of the molecule is Cc1ccc(C(=O)CCN2CC[C@H]3CC[C@@H](C3)C2)cc1C. The van der Waals surface area contributed by atoms with Gasteiger partial charge >= 0.3 is 0 Å². The summed E-state index contributed by atoms with van der Waals surface area (Å²) in [5.74, 6) is 2.16. The first-order valence-corrected chi connectivity index (χ1v) is 8.44. The van der Waals surface area contributed by atoms with Crippen LogP contribution in [0.2, 0.25) is 0 Å². The molecule has 1 aromatic carbocycles. The van der Waals surface area contributed by atoms with Crippen LogP contribution in [0.3, 0.4) is 0 Å². The highest BCUT2D eigenvalue weighted by molar-refractivity contribution is 5.96. The number of carbonyl (C=O) groups excluding carboxylic acids is 1. The van der Waals surface area contributed by atoms with E-state index in [0.717, 1.165) is 23.9 Å². The average molecular weight is 285 g/mol. The number of aryl methyl sites for hydroxylation is 2. The van der Waals surface area contributed by atoms with Crippen molar-refractivity contribution in [1.29, 1.82) is 0 Å². The Morgan fingerprint density at radius 3 is 2.76 bits per heavy atom. The Bertz CT molecular complexity index is 522. The van der Waals surface area contributed by atoms with Gasteiger partial charge in [-0.25, -0.2) is 0 Å². The number of rotatable bonds is 4. The Kier molecular flexibility index (Phi) is 4.44. The van der Waals surface area contributed by atoms with E-state index in [0.29, 0.717) is 12.2 Å². The van der Waals surface area contributed by atoms with E-state index in [1.807, 2.05) is 12.1 Å². The molecule has 1 aromatic rings. The Labute approximate surface area is 128 Å². The van der Waals surface area contributed by atoms with E-state index in [1.165, 1.54) is 49.9 Å². The van der Waals surface area contributed by atoms with Gasteiger partial charge in [-0.1, -0.05) is 18.6 Å². The van der Waals surface area contributed by atoms with E-state index in [-0.39, 0.29) is 0 Å². The lowest BCUT2D eigenvalue weighted by Crippen LogP contribution is -2.31. The first kappa shape index (κ1) is 14.8. The van der Waals surface area contributed by atoms with Crippen molar-refractivity contribution in [2.24, 2.45) is 11.8 Å². The fourth-order valence-corrected chi connectivity index (χ4v) is 3.95. The average Bonchev–Trinajstić information content (AvgIpc) is 2.80. The minimum atomic E-state index is 0.299. The van der Waals surface area contributed by atoms with Gasteiger partial charge in [0.15, 0.2) is 5.78 Å². The van der Waals surface area contributed by atoms with Gasteiger partial charge in [0.2, 0.25) is 0 Å². The summed E-state index contributed by atoms with van der Waals surface area (Å²) in [5.41, 5.74) is 3.36. The minimum Gasteiger partial charge on any atom is -0.303 e. The molecule has 0 radical (unpaired) electrons. The molecule has 0 amide bonds. The molecule has 1 aliphatic carbocycles. The van der Waals surface area contributed by atoms with Gasteiger partial charge in [-0.3, -0.25) is 4.79 Å². The number of fused-ring (bicyclic) bond motifs is 2. The number of hydrogen-bond acceptors (Lipinski definition) is 2. The second kappa shape index (κ2) is 6.31. The number of nitrogens with zero attached hydrogens (tertiary/aromatic N) is 1. The van der Waals surface area contributed by atoms with Gasteiger partial charge in [0.25, 0.3) is 0 Å². The number of benzene rings is 1. The predicted octanol–water partition coefficient (Wildman–Crippen LogP) is 4.00. The van der Waals surface area contributed by atoms with Crippen LogP contribution in [0, 0.1) is 25.7 Å². The fourth-order valence-electron chi connectivity index (χ4n) is 3.95. The predicted molar refractivity (Wildman–Crippen MR) is 86.8 cm³/mol. The smallest absolute Gasteiger partial charge is 0.164 e. The van der Waals surface area contributed by atoms with Crippen molar-refractivity contribution >= 4 is 5.78 Å². The van der Waals surface area contributed by atoms with Crippen LogP contribution in [0.15, 0.2) is 18.2 Å². The molecule has 1 aliphatic heterocycles. The molecule has 2 fully saturated rings. The third-order valence-corrected chi connectivity index (χ3v) is 5.50. The highest BCUT2D eigenvalue weighted by atomic mass is 16.1. The molecule has 1 heterocycles. The summed E-state index contributed by atoms with van der Waals surface area (Å²) >= 11 is 0. The summed E-state index contributed by atoms with van der Waals surface area (Å²) in [6, 6.07) is 6.09. The molecular formula is C19H27NO. The van der Waals surface area contributed by atoms with E-state index in [4.69, 9.17) is 0 Å². The van der Waals surface area contributed by atoms with Gasteiger partial charge in [-0.15, -0.1) is 0 Å². The summed E-state index contributed by atoms with van der Waals surface area (Å²) < 4.78 is 0. The van der Waals surface area contributed by atoms with Crippen molar-refractivity contribution in [2.75, 3.05) is 19.6 Å². The van der Waals surface area contributed by atoms with Gasteiger partial charge < -0.3 is 4.90 Å². The molecule has 2 atom stereocenters. The third kappa shape index (κ3) is 3.55. The molecule has 1 saturated carbocycles. The molecular weight excluding hydrogens is 258 g/mol. The Morgan fingerprint density at radius 1 is 1.14 bits per heavy atom. The van der Waals surface area contributed by atoms with Crippen LogP contribution in [0.5, 0.6) is 0 Å². The second-order valence-electron chi connectivity index (χ2n) is 7.11. The first-order chi connectivity index (χ1) is 10.1. The summed E-state index contributed by atoms with van der Waals surface area (Å²) in [6.45, 7) is 7.53. The zero-order valence-electron chi connectivity index (χ0n) is 13.4. The Balaban J connectivity index is 1.54. The molecule has 0 aromatic heterocycles. The largest absolute Gasteiger partial charge is 0.303 e. The molecule has 0 spiro atoms. The molecule has 2 bridgehead atoms. The summed E-state index contributed by atoms with van der Waals surface area (Å²) in [7, 11) is 0. The number of Topliss-reactive ketones (excluding diaryl/α,β-unsaturated/α-hetero) is 1. The van der Waals surface area contributed by atoms with Gasteiger partial charge in [-0.05, 0) is 68.7 Å². The van der Waals surface area contributed by atoms with E-state index in [2.05, 4.69) is 24.8 Å².